The second-order valence-corrected chi connectivity index (χ2v) is 5.16. The average Bonchev–Trinajstić information content (AvgIpc) is 3.08. The van der Waals surface area contributed by atoms with Crippen LogP contribution in [-0.2, 0) is 0 Å². The molecule has 3 rings (SSSR count). The summed E-state index contributed by atoms with van der Waals surface area (Å²) in [7, 11) is 1.96. The van der Waals surface area contributed by atoms with Gasteiger partial charge in [0.15, 0.2) is 0 Å². The first-order chi connectivity index (χ1) is 8.88. The molecule has 0 aliphatic carbocycles. The number of aromatic nitrogens is 4. The van der Waals surface area contributed by atoms with E-state index in [2.05, 4.69) is 25.4 Å². The molecule has 94 valence electrons. The van der Waals surface area contributed by atoms with Crippen LogP contribution in [0.5, 0.6) is 0 Å². The van der Waals surface area contributed by atoms with Crippen LogP contribution in [0.2, 0.25) is 0 Å². The summed E-state index contributed by atoms with van der Waals surface area (Å²) in [6.45, 7) is 0. The van der Waals surface area contributed by atoms with Crippen LogP contribution in [0.3, 0.4) is 0 Å². The van der Waals surface area contributed by atoms with Crippen molar-refractivity contribution < 1.29 is 4.52 Å². The van der Waals surface area contributed by atoms with Gasteiger partial charge >= 0.3 is 0 Å². The van der Waals surface area contributed by atoms with Crippen molar-refractivity contribution in [2.45, 2.75) is 12.0 Å². The Labute approximate surface area is 109 Å². The van der Waals surface area contributed by atoms with Crippen LogP contribution in [-0.4, -0.2) is 44.7 Å². The first-order valence-electron chi connectivity index (χ1n) is 5.73. The molecular weight excluding hydrogens is 250 g/mol. The molecule has 3 heterocycles. The lowest BCUT2D eigenvalue weighted by Crippen LogP contribution is -2.31. The van der Waals surface area contributed by atoms with Gasteiger partial charge in [0.2, 0.25) is 11.7 Å². The predicted molar refractivity (Wildman–Crippen MR) is 68.2 cm³/mol. The van der Waals surface area contributed by atoms with Crippen LogP contribution in [0.25, 0.3) is 11.5 Å². The standard InChI is InChI=1S/C11H13N5OS/c1-12-9-5-18-4-7(9)11-15-10(16-17-11)8-2-3-13-6-14-8/h2-3,6-7,9,12H,4-5H2,1H3. The normalized spacial score (nSPS) is 23.4. The van der Waals surface area contributed by atoms with Crippen LogP contribution in [0.15, 0.2) is 23.1 Å². The van der Waals surface area contributed by atoms with Gasteiger partial charge in [-0.1, -0.05) is 5.16 Å². The highest BCUT2D eigenvalue weighted by molar-refractivity contribution is 7.99. The third kappa shape index (κ3) is 2.11. The Morgan fingerprint density at radius 3 is 3.17 bits per heavy atom. The number of hydrogen-bond donors (Lipinski definition) is 1. The first-order valence-corrected chi connectivity index (χ1v) is 6.89. The molecule has 1 N–H and O–H groups in total. The van der Waals surface area contributed by atoms with Gasteiger partial charge in [0.25, 0.3) is 0 Å². The molecule has 1 saturated heterocycles. The maximum Gasteiger partial charge on any atom is 0.232 e. The smallest absolute Gasteiger partial charge is 0.232 e. The average molecular weight is 263 g/mol. The lowest BCUT2D eigenvalue weighted by Gasteiger charge is -2.13. The number of hydrogen-bond acceptors (Lipinski definition) is 7. The largest absolute Gasteiger partial charge is 0.339 e. The molecule has 18 heavy (non-hydrogen) atoms. The highest BCUT2D eigenvalue weighted by Gasteiger charge is 2.32. The summed E-state index contributed by atoms with van der Waals surface area (Å²) >= 11 is 1.90. The number of nitrogens with one attached hydrogen (secondary N) is 1. The molecule has 0 amide bonds. The van der Waals surface area contributed by atoms with Crippen LogP contribution < -0.4 is 5.32 Å². The zero-order valence-corrected chi connectivity index (χ0v) is 10.7. The van der Waals surface area contributed by atoms with Crippen LogP contribution in [0.4, 0.5) is 0 Å². The van der Waals surface area contributed by atoms with Gasteiger partial charge in [0.05, 0.1) is 5.92 Å². The van der Waals surface area contributed by atoms with Crippen molar-refractivity contribution in [3.05, 3.63) is 24.5 Å². The van der Waals surface area contributed by atoms with E-state index in [-0.39, 0.29) is 5.92 Å². The molecule has 1 aliphatic rings. The van der Waals surface area contributed by atoms with E-state index < -0.39 is 0 Å². The molecule has 0 aromatic carbocycles. The third-order valence-corrected chi connectivity index (χ3v) is 4.21. The summed E-state index contributed by atoms with van der Waals surface area (Å²) in [4.78, 5) is 12.4. The van der Waals surface area contributed by atoms with Gasteiger partial charge in [0.1, 0.15) is 12.0 Å². The number of rotatable bonds is 3. The fraction of sp³-hybridized carbons (Fsp3) is 0.455. The van der Waals surface area contributed by atoms with E-state index in [0.29, 0.717) is 23.5 Å². The van der Waals surface area contributed by atoms with Gasteiger partial charge in [-0.2, -0.15) is 16.7 Å². The van der Waals surface area contributed by atoms with E-state index in [0.717, 1.165) is 11.5 Å². The van der Waals surface area contributed by atoms with E-state index in [1.165, 1.54) is 6.33 Å². The molecule has 0 bridgehead atoms. The predicted octanol–water partition coefficient (Wildman–Crippen LogP) is 0.945. The summed E-state index contributed by atoms with van der Waals surface area (Å²) < 4.78 is 5.36. The molecule has 7 heteroatoms. The highest BCUT2D eigenvalue weighted by atomic mass is 32.2. The Kier molecular flexibility index (Phi) is 3.24. The molecular formula is C11H13N5OS. The second-order valence-electron chi connectivity index (χ2n) is 4.09. The van der Waals surface area contributed by atoms with Gasteiger partial charge in [-0.25, -0.2) is 9.97 Å². The monoisotopic (exact) mass is 263 g/mol. The lowest BCUT2D eigenvalue weighted by atomic mass is 10.0. The topological polar surface area (TPSA) is 76.7 Å². The van der Waals surface area contributed by atoms with Crippen molar-refractivity contribution in [1.82, 2.24) is 25.4 Å². The summed E-state index contributed by atoms with van der Waals surface area (Å²) in [5.74, 6) is 3.58. The Morgan fingerprint density at radius 1 is 1.44 bits per heavy atom. The summed E-state index contributed by atoms with van der Waals surface area (Å²) in [6, 6.07) is 2.17. The fourth-order valence-corrected chi connectivity index (χ4v) is 3.41. The van der Waals surface area contributed by atoms with Gasteiger partial charge in [0, 0.05) is 23.7 Å². The molecule has 0 saturated carbocycles. The Bertz CT molecular complexity index is 517. The van der Waals surface area contributed by atoms with Crippen molar-refractivity contribution in [2.75, 3.05) is 18.6 Å². The zero-order chi connectivity index (χ0) is 12.4. The van der Waals surface area contributed by atoms with E-state index in [1.54, 1.807) is 12.3 Å². The minimum atomic E-state index is 0.281. The molecule has 0 radical (unpaired) electrons. The van der Waals surface area contributed by atoms with Crippen molar-refractivity contribution in [3.63, 3.8) is 0 Å². The van der Waals surface area contributed by atoms with Crippen LogP contribution >= 0.6 is 11.8 Å². The van der Waals surface area contributed by atoms with Gasteiger partial charge in [-0.3, -0.25) is 0 Å². The van der Waals surface area contributed by atoms with Gasteiger partial charge in [-0.05, 0) is 13.1 Å². The Morgan fingerprint density at radius 2 is 2.39 bits per heavy atom. The minimum absolute atomic E-state index is 0.281. The maximum absolute atomic E-state index is 5.36. The van der Waals surface area contributed by atoms with Gasteiger partial charge in [-0.15, -0.1) is 0 Å². The van der Waals surface area contributed by atoms with Crippen LogP contribution in [0, 0.1) is 0 Å². The van der Waals surface area contributed by atoms with Crippen molar-refractivity contribution in [3.8, 4) is 11.5 Å². The van der Waals surface area contributed by atoms with Crippen molar-refractivity contribution >= 4 is 11.8 Å². The third-order valence-electron chi connectivity index (χ3n) is 3.02. The maximum atomic E-state index is 5.36. The molecule has 0 spiro atoms. The molecule has 1 aliphatic heterocycles. The zero-order valence-electron chi connectivity index (χ0n) is 9.91. The minimum Gasteiger partial charge on any atom is -0.339 e. The Balaban J connectivity index is 1.86. The summed E-state index contributed by atoms with van der Waals surface area (Å²) in [6.07, 6.45) is 3.15. The molecule has 6 nitrogen and oxygen atoms in total. The van der Waals surface area contributed by atoms with E-state index >= 15 is 0 Å². The first kappa shape index (κ1) is 11.6. The summed E-state index contributed by atoms with van der Waals surface area (Å²) in [5.41, 5.74) is 0.687. The summed E-state index contributed by atoms with van der Waals surface area (Å²) in [5, 5.41) is 7.27. The molecule has 2 unspecified atom stereocenters. The van der Waals surface area contributed by atoms with Crippen LogP contribution in [0.1, 0.15) is 11.8 Å². The Hall–Kier alpha value is -1.47. The lowest BCUT2D eigenvalue weighted by molar-refractivity contribution is 0.344. The van der Waals surface area contributed by atoms with Gasteiger partial charge < -0.3 is 9.84 Å². The number of nitrogens with zero attached hydrogens (tertiary/aromatic N) is 4. The van der Waals surface area contributed by atoms with Crippen molar-refractivity contribution in [2.24, 2.45) is 0 Å². The van der Waals surface area contributed by atoms with E-state index in [9.17, 15) is 0 Å². The fourth-order valence-electron chi connectivity index (χ4n) is 2.00. The molecule has 2 atom stereocenters. The quantitative estimate of drug-likeness (QED) is 0.883. The number of thioether (sulfide) groups is 1. The van der Waals surface area contributed by atoms with E-state index in [1.807, 2.05) is 18.8 Å². The number of likely N-dealkylation sites (N-methyl/N-ethyl adjacent to an activating group) is 1. The second kappa shape index (κ2) is 5.03. The SMILES string of the molecule is CNC1CSCC1c1nc(-c2ccncn2)no1. The molecule has 2 aromatic rings. The highest BCUT2D eigenvalue weighted by Crippen LogP contribution is 2.32. The molecule has 1 fully saturated rings. The molecule has 2 aromatic heterocycles. The van der Waals surface area contributed by atoms with E-state index in [4.69, 9.17) is 4.52 Å². The van der Waals surface area contributed by atoms with Crippen molar-refractivity contribution in [1.29, 1.82) is 0 Å².